The monoisotopic (exact) mass is 776 g/mol. The third-order valence-corrected chi connectivity index (χ3v) is 12.7. The normalized spacial score (nSPS) is 17.6. The third kappa shape index (κ3) is 6.86. The lowest BCUT2D eigenvalue weighted by atomic mass is 9.99. The van der Waals surface area contributed by atoms with Gasteiger partial charge in [0.15, 0.2) is 11.8 Å². The zero-order valence-corrected chi connectivity index (χ0v) is 31.6. The summed E-state index contributed by atoms with van der Waals surface area (Å²) < 4.78 is 46.8. The van der Waals surface area contributed by atoms with Crippen molar-refractivity contribution in [2.24, 2.45) is 8.73 Å². The van der Waals surface area contributed by atoms with Gasteiger partial charge in [-0.3, -0.25) is 0 Å². The molecule has 16 nitrogen and oxygen atoms in total. The molecule has 0 unspecified atom stereocenters. The van der Waals surface area contributed by atoms with Gasteiger partial charge in [-0.25, -0.2) is 19.0 Å². The molecule has 6 aliphatic rings. The maximum absolute atomic E-state index is 12.5. The maximum atomic E-state index is 12.5. The molecule has 2 aliphatic heterocycles. The van der Waals surface area contributed by atoms with E-state index in [4.69, 9.17) is 9.47 Å². The van der Waals surface area contributed by atoms with E-state index >= 15 is 0 Å². The average molecular weight is 777 g/mol. The van der Waals surface area contributed by atoms with Crippen molar-refractivity contribution >= 4 is 44.6 Å². The summed E-state index contributed by atoms with van der Waals surface area (Å²) in [5.74, 6) is 0.891. The van der Waals surface area contributed by atoms with Crippen molar-refractivity contribution in [2.45, 2.75) is 99.9 Å². The zero-order valence-electron chi connectivity index (χ0n) is 30.0. The molecule has 0 radical (unpaired) electrons. The Morgan fingerprint density at radius 2 is 0.944 bits per heavy atom. The van der Waals surface area contributed by atoms with E-state index in [-0.39, 0.29) is 12.3 Å². The molecule has 18 heteroatoms. The standard InChI is InChI=1S/2C18H19N4O3S.2H3N/c2*23-18(21-26(24)15-10-19-22-7-8-25-17(15)22)20-16-13-5-1-3-11(13)9-12-4-2-6-14(12)16;;/h2*9-10H,1-8H2,(H,20,23);2*1H3/q2*-1;;. The number of benzene rings is 2. The summed E-state index contributed by atoms with van der Waals surface area (Å²) in [4.78, 5) is 25.7. The zero-order chi connectivity index (χ0) is 35.3. The summed E-state index contributed by atoms with van der Waals surface area (Å²) in [6.45, 7) is 2.26. The van der Waals surface area contributed by atoms with Gasteiger partial charge in [0, 0.05) is 23.8 Å². The van der Waals surface area contributed by atoms with Gasteiger partial charge in [0.25, 0.3) is 0 Å². The van der Waals surface area contributed by atoms with Gasteiger partial charge in [0.2, 0.25) is 0 Å². The van der Waals surface area contributed by atoms with E-state index in [1.807, 2.05) is 0 Å². The molecule has 8 N–H and O–H groups in total. The van der Waals surface area contributed by atoms with E-state index in [0.717, 1.165) is 88.4 Å². The van der Waals surface area contributed by atoms with Gasteiger partial charge in [0.05, 0.1) is 13.1 Å². The maximum Gasteiger partial charge on any atom is 0.322 e. The first-order valence-corrected chi connectivity index (χ1v) is 20.2. The molecule has 0 bridgehead atoms. The van der Waals surface area contributed by atoms with Crippen molar-refractivity contribution in [3.8, 4) is 11.8 Å². The minimum Gasteiger partial charge on any atom is -0.477 e. The van der Waals surface area contributed by atoms with Crippen molar-refractivity contribution in [1.29, 1.82) is 0 Å². The molecular weight excluding hydrogens is 733 g/mol. The highest BCUT2D eigenvalue weighted by Crippen LogP contribution is 2.40. The Labute approximate surface area is 316 Å². The average Bonchev–Trinajstić information content (AvgIpc) is 3.96. The molecular formula is C36H44N10O6S2-2. The second-order valence-corrected chi connectivity index (χ2v) is 16.0. The van der Waals surface area contributed by atoms with Crippen molar-refractivity contribution in [2.75, 3.05) is 23.8 Å². The van der Waals surface area contributed by atoms with Crippen molar-refractivity contribution < 1.29 is 27.5 Å². The Morgan fingerprint density at radius 3 is 1.30 bits per heavy atom. The summed E-state index contributed by atoms with van der Waals surface area (Å²) >= 11 is 0. The number of urea groups is 2. The number of amides is 4. The highest BCUT2D eigenvalue weighted by Gasteiger charge is 2.26. The number of fused-ring (bicyclic) bond motifs is 6. The summed E-state index contributed by atoms with van der Waals surface area (Å²) in [6, 6.07) is 3.47. The van der Waals surface area contributed by atoms with E-state index < -0.39 is 33.3 Å². The number of hydrogen-bond donors (Lipinski definition) is 4. The predicted octanol–water partition coefficient (Wildman–Crippen LogP) is 6.31. The van der Waals surface area contributed by atoms with E-state index in [0.29, 0.717) is 47.9 Å². The lowest BCUT2D eigenvalue weighted by Crippen LogP contribution is -2.11. The van der Waals surface area contributed by atoms with Crippen LogP contribution in [0.5, 0.6) is 11.8 Å². The number of rotatable bonds is 4. The quantitative estimate of drug-likeness (QED) is 0.168. The largest absolute Gasteiger partial charge is 0.477 e. The van der Waals surface area contributed by atoms with Gasteiger partial charge in [-0.15, -0.1) is 21.2 Å². The third-order valence-electron chi connectivity index (χ3n) is 10.7. The van der Waals surface area contributed by atoms with E-state index in [2.05, 4.69) is 41.7 Å². The van der Waals surface area contributed by atoms with Gasteiger partial charge in [0.1, 0.15) is 13.2 Å². The second-order valence-electron chi connectivity index (χ2n) is 13.8. The van der Waals surface area contributed by atoms with Crippen molar-refractivity contribution in [3.63, 3.8) is 0 Å². The highest BCUT2D eigenvalue weighted by molar-refractivity contribution is 7.75. The molecule has 4 amide bonds. The first-order chi connectivity index (χ1) is 25.4. The summed E-state index contributed by atoms with van der Waals surface area (Å²) in [7, 11) is -3.66. The lowest BCUT2D eigenvalue weighted by molar-refractivity contribution is 0.259. The highest BCUT2D eigenvalue weighted by atomic mass is 32.2. The molecule has 4 aliphatic carbocycles. The fourth-order valence-corrected chi connectivity index (χ4v) is 9.95. The molecule has 0 atom stereocenters. The minimum absolute atomic E-state index is 0. The van der Waals surface area contributed by atoms with Gasteiger partial charge in [-0.05, 0) is 131 Å². The molecule has 0 spiro atoms. The van der Waals surface area contributed by atoms with Crippen LogP contribution in [0.2, 0.25) is 0 Å². The molecule has 0 saturated heterocycles. The number of ether oxygens (including phenoxy) is 2. The van der Waals surface area contributed by atoms with Gasteiger partial charge < -0.3 is 49.6 Å². The van der Waals surface area contributed by atoms with Crippen LogP contribution in [0.1, 0.15) is 70.2 Å². The molecule has 2 aromatic heterocycles. The van der Waals surface area contributed by atoms with Crippen LogP contribution in [0.15, 0.2) is 43.0 Å². The van der Waals surface area contributed by atoms with E-state index in [1.54, 1.807) is 9.36 Å². The number of hydrogen-bond acceptors (Lipinski definition) is 12. The van der Waals surface area contributed by atoms with Crippen LogP contribution in [-0.2, 0) is 94.1 Å². The van der Waals surface area contributed by atoms with Gasteiger partial charge >= 0.3 is 12.1 Å². The summed E-state index contributed by atoms with van der Waals surface area (Å²) in [6.07, 6.45) is 15.5. The number of carbonyl (C=O) groups excluding carboxylic acids is 2. The van der Waals surface area contributed by atoms with Crippen LogP contribution < -0.4 is 32.4 Å². The Balaban J connectivity index is 0.000000161. The Hall–Kier alpha value is -4.78. The Kier molecular flexibility index (Phi) is 10.8. The number of anilines is 2. The number of nitrogens with one attached hydrogen (secondary N) is 2. The lowest BCUT2D eigenvalue weighted by Gasteiger charge is -2.15. The summed E-state index contributed by atoms with van der Waals surface area (Å²) in [5, 5.41) is 14.1. The summed E-state index contributed by atoms with van der Waals surface area (Å²) in [5.41, 5.74) is 12.1. The van der Waals surface area contributed by atoms with Crippen LogP contribution in [0.25, 0.3) is 0 Å². The predicted molar refractivity (Wildman–Crippen MR) is 202 cm³/mol. The van der Waals surface area contributed by atoms with Crippen LogP contribution >= 0.6 is 0 Å². The second kappa shape index (κ2) is 15.5. The fourth-order valence-electron chi connectivity index (χ4n) is 8.46. The number of aryl methyl sites for hydroxylation is 4. The van der Waals surface area contributed by atoms with Crippen molar-refractivity contribution in [1.82, 2.24) is 31.9 Å². The number of aromatic nitrogens is 4. The molecule has 0 saturated carbocycles. The van der Waals surface area contributed by atoms with Crippen LogP contribution in [-0.4, -0.2) is 44.8 Å². The van der Waals surface area contributed by atoms with Crippen LogP contribution in [0.3, 0.4) is 0 Å². The Bertz CT molecular complexity index is 2110. The number of nitrogens with zero attached hydrogens (tertiary/aromatic N) is 6. The fraction of sp³-hybridized carbons (Fsp3) is 0.444. The number of carbonyl (C=O) groups is 2. The van der Waals surface area contributed by atoms with Crippen LogP contribution in [0, 0.1) is 0 Å². The van der Waals surface area contributed by atoms with Gasteiger partial charge in [-0.1, -0.05) is 12.1 Å². The Morgan fingerprint density at radius 1 is 0.593 bits per heavy atom. The first-order valence-electron chi connectivity index (χ1n) is 18.0. The smallest absolute Gasteiger partial charge is 0.322 e. The van der Waals surface area contributed by atoms with E-state index in [9.17, 15) is 18.0 Å². The molecule has 4 aromatic rings. The SMILES string of the molecule is N.N.O=C(N=[S-](=O)c1cnn2c1OCC2)Nc1c2c(cc3c1CCC3)CCC2.O=C(N=[S-](=O)c1cnn2c1OCC2)Nc1c2c(cc3c1CCC3)CCC2. The molecule has 288 valence electrons. The van der Waals surface area contributed by atoms with Crippen LogP contribution in [0.4, 0.5) is 21.0 Å². The molecule has 54 heavy (non-hydrogen) atoms. The molecule has 10 rings (SSSR count). The molecule has 2 aromatic carbocycles. The van der Waals surface area contributed by atoms with Gasteiger partial charge in [-0.2, -0.15) is 10.2 Å². The van der Waals surface area contributed by atoms with E-state index in [1.165, 1.54) is 56.9 Å². The van der Waals surface area contributed by atoms with Crippen molar-refractivity contribution in [3.05, 3.63) is 69.0 Å². The molecule has 0 fully saturated rings. The minimum atomic E-state index is -1.83. The molecule has 4 heterocycles. The topological polar surface area (TPSA) is 241 Å². The first kappa shape index (κ1) is 37.5.